The third-order valence-corrected chi connectivity index (χ3v) is 2.23. The van der Waals surface area contributed by atoms with E-state index in [1.165, 1.54) is 16.3 Å². The Bertz CT molecular complexity index is 449. The van der Waals surface area contributed by atoms with Crippen LogP contribution in [0.1, 0.15) is 5.56 Å². The molecular formula is C14H13BrO2Zn. The van der Waals surface area contributed by atoms with Crippen LogP contribution in [0.5, 0.6) is 11.5 Å². The number of ether oxygens (including phenoxy) is 2. The van der Waals surface area contributed by atoms with Gasteiger partial charge in [0.2, 0.25) is 0 Å². The SMILES string of the molecule is COc1cccc(OCc2cc[c-]cc2)c1.[Zn+][Br]. The minimum atomic E-state index is 0.557. The molecule has 0 radical (unpaired) electrons. The average Bonchev–Trinajstić information content (AvgIpc) is 2.48. The number of rotatable bonds is 4. The zero-order chi connectivity index (χ0) is 13.2. The predicted octanol–water partition coefficient (Wildman–Crippen LogP) is 3.92. The van der Waals surface area contributed by atoms with E-state index in [9.17, 15) is 0 Å². The van der Waals surface area contributed by atoms with Gasteiger partial charge in [0.05, 0.1) is 13.7 Å². The van der Waals surface area contributed by atoms with E-state index < -0.39 is 0 Å². The first-order valence-corrected chi connectivity index (χ1v) is 12.3. The summed E-state index contributed by atoms with van der Waals surface area (Å²) in [6.07, 6.45) is 0. The molecule has 4 heteroatoms. The summed E-state index contributed by atoms with van der Waals surface area (Å²) in [5.74, 6) is 1.62. The van der Waals surface area contributed by atoms with Crippen molar-refractivity contribution in [3.63, 3.8) is 0 Å². The van der Waals surface area contributed by atoms with Gasteiger partial charge in [0.25, 0.3) is 0 Å². The zero-order valence-electron chi connectivity index (χ0n) is 10.2. The van der Waals surface area contributed by atoms with Crippen LogP contribution in [0.25, 0.3) is 0 Å². The van der Waals surface area contributed by atoms with Gasteiger partial charge in [-0.1, -0.05) is 6.07 Å². The fraction of sp³-hybridized carbons (Fsp3) is 0.143. The molecule has 0 saturated heterocycles. The van der Waals surface area contributed by atoms with Crippen molar-refractivity contribution in [1.29, 1.82) is 0 Å². The van der Waals surface area contributed by atoms with Crippen molar-refractivity contribution in [2.75, 3.05) is 7.11 Å². The average molecular weight is 359 g/mol. The zero-order valence-corrected chi connectivity index (χ0v) is 14.8. The maximum atomic E-state index is 5.64. The fourth-order valence-electron chi connectivity index (χ4n) is 1.38. The quantitative estimate of drug-likeness (QED) is 0.609. The Hall–Kier alpha value is -0.857. The van der Waals surface area contributed by atoms with Gasteiger partial charge >= 0.3 is 30.0 Å². The van der Waals surface area contributed by atoms with E-state index in [0.717, 1.165) is 17.1 Å². The summed E-state index contributed by atoms with van der Waals surface area (Å²) in [5, 5.41) is 0. The van der Waals surface area contributed by atoms with Gasteiger partial charge in [-0.05, 0) is 12.1 Å². The standard InChI is InChI=1S/C14H13O2.BrH.Zn/c1-15-13-8-5-9-14(10-13)16-11-12-6-3-2-4-7-12;;/h3-10H,11H2,1H3;1H;/q-1;;+2/p-1. The predicted molar refractivity (Wildman–Crippen MR) is 71.5 cm³/mol. The Morgan fingerprint density at radius 3 is 2.44 bits per heavy atom. The molecule has 2 aromatic carbocycles. The molecule has 0 bridgehead atoms. The summed E-state index contributed by atoms with van der Waals surface area (Å²) in [6, 6.07) is 18.3. The van der Waals surface area contributed by atoms with Crippen LogP contribution in [0.15, 0.2) is 48.5 Å². The van der Waals surface area contributed by atoms with Crippen molar-refractivity contribution in [2.45, 2.75) is 6.61 Å². The van der Waals surface area contributed by atoms with Gasteiger partial charge in [0.1, 0.15) is 11.5 Å². The Labute approximate surface area is 124 Å². The first-order valence-electron chi connectivity index (χ1n) is 5.37. The Kier molecular flexibility index (Phi) is 7.71. The van der Waals surface area contributed by atoms with Crippen LogP contribution in [-0.2, 0) is 22.9 Å². The Morgan fingerprint density at radius 2 is 1.78 bits per heavy atom. The van der Waals surface area contributed by atoms with E-state index in [4.69, 9.17) is 9.47 Å². The van der Waals surface area contributed by atoms with Crippen molar-refractivity contribution in [1.82, 2.24) is 0 Å². The van der Waals surface area contributed by atoms with Crippen molar-refractivity contribution >= 4 is 13.6 Å². The molecule has 0 atom stereocenters. The van der Waals surface area contributed by atoms with Gasteiger partial charge in [-0.3, -0.25) is 0 Å². The van der Waals surface area contributed by atoms with Gasteiger partial charge in [-0.15, -0.1) is 5.56 Å². The first-order chi connectivity index (χ1) is 8.88. The molecule has 0 N–H and O–H groups in total. The molecule has 90 valence electrons. The van der Waals surface area contributed by atoms with E-state index >= 15 is 0 Å². The van der Waals surface area contributed by atoms with E-state index in [0.29, 0.717) is 6.61 Å². The van der Waals surface area contributed by atoms with E-state index in [-0.39, 0.29) is 0 Å². The number of hydrogen-bond acceptors (Lipinski definition) is 2. The summed E-state index contributed by atoms with van der Waals surface area (Å²) in [4.78, 5) is 0. The van der Waals surface area contributed by atoms with Crippen LogP contribution in [0, 0.1) is 6.07 Å². The van der Waals surface area contributed by atoms with Gasteiger partial charge in [-0.2, -0.15) is 30.3 Å². The second-order valence-electron chi connectivity index (χ2n) is 3.38. The molecule has 0 fully saturated rings. The molecule has 0 saturated carbocycles. The number of methoxy groups -OCH3 is 1. The molecule has 0 aliphatic rings. The monoisotopic (exact) mass is 356 g/mol. The third-order valence-electron chi connectivity index (χ3n) is 2.23. The first kappa shape index (κ1) is 15.2. The second-order valence-corrected chi connectivity index (χ2v) is 3.38. The second kappa shape index (κ2) is 9.12. The van der Waals surface area contributed by atoms with Crippen molar-refractivity contribution in [3.8, 4) is 11.5 Å². The molecule has 0 heterocycles. The van der Waals surface area contributed by atoms with Crippen LogP contribution in [0.3, 0.4) is 0 Å². The molecule has 18 heavy (non-hydrogen) atoms. The summed E-state index contributed by atoms with van der Waals surface area (Å²) in [5.41, 5.74) is 1.13. The number of halogens is 1. The van der Waals surface area contributed by atoms with Crippen LogP contribution >= 0.6 is 13.6 Å². The summed E-state index contributed by atoms with van der Waals surface area (Å²) >= 11 is 4.25. The van der Waals surface area contributed by atoms with Crippen LogP contribution < -0.4 is 9.47 Å². The van der Waals surface area contributed by atoms with Gasteiger partial charge in [0, 0.05) is 6.07 Å². The Balaban J connectivity index is 0.000000771. The molecule has 0 aromatic heterocycles. The Morgan fingerprint density at radius 1 is 1.11 bits per heavy atom. The van der Waals surface area contributed by atoms with Crippen LogP contribution in [0.2, 0.25) is 0 Å². The van der Waals surface area contributed by atoms with E-state index in [2.05, 4.69) is 19.7 Å². The molecule has 0 aliphatic carbocycles. The van der Waals surface area contributed by atoms with Crippen LogP contribution in [-0.4, -0.2) is 7.11 Å². The maximum absolute atomic E-state index is 5.64. The van der Waals surface area contributed by atoms with Crippen molar-refractivity contribution in [2.24, 2.45) is 0 Å². The van der Waals surface area contributed by atoms with Crippen molar-refractivity contribution in [3.05, 3.63) is 60.2 Å². The minimum absolute atomic E-state index is 0.557. The number of hydrogen-bond donors (Lipinski definition) is 0. The molecule has 0 spiro atoms. The molecule has 2 nitrogen and oxygen atoms in total. The topological polar surface area (TPSA) is 18.5 Å². The molecule has 2 aromatic rings. The van der Waals surface area contributed by atoms with E-state index in [1.54, 1.807) is 7.11 Å². The van der Waals surface area contributed by atoms with Gasteiger partial charge < -0.3 is 9.47 Å². The summed E-state index contributed by atoms with van der Waals surface area (Å²) < 4.78 is 10.8. The van der Waals surface area contributed by atoms with E-state index in [1.807, 2.05) is 48.5 Å². The number of benzene rings is 2. The fourth-order valence-corrected chi connectivity index (χ4v) is 1.38. The molecule has 0 unspecified atom stereocenters. The summed E-state index contributed by atoms with van der Waals surface area (Å²) in [6.45, 7) is 0.557. The van der Waals surface area contributed by atoms with Gasteiger partial charge in [-0.25, -0.2) is 0 Å². The van der Waals surface area contributed by atoms with Gasteiger partial charge in [0.15, 0.2) is 0 Å². The molecule has 2 rings (SSSR count). The summed E-state index contributed by atoms with van der Waals surface area (Å²) in [7, 11) is 1.64. The normalized spacial score (nSPS) is 9.11. The third kappa shape index (κ3) is 5.20. The molecule has 0 aliphatic heterocycles. The molecule has 0 amide bonds. The van der Waals surface area contributed by atoms with Crippen molar-refractivity contribution < 1.29 is 25.8 Å². The molecular weight excluding hydrogens is 345 g/mol. The van der Waals surface area contributed by atoms with Crippen LogP contribution in [0.4, 0.5) is 0 Å².